The lowest BCUT2D eigenvalue weighted by Crippen LogP contribution is -2.32. The number of rotatable bonds is 7. The average molecular weight is 276 g/mol. The molecule has 1 aliphatic rings. The summed E-state index contributed by atoms with van der Waals surface area (Å²) in [6.07, 6.45) is 3.70. The molecule has 18 heavy (non-hydrogen) atoms. The van der Waals surface area contributed by atoms with E-state index in [2.05, 4.69) is 20.9 Å². The van der Waals surface area contributed by atoms with E-state index in [1.807, 2.05) is 0 Å². The lowest BCUT2D eigenvalue weighted by atomic mass is 10.1. The lowest BCUT2D eigenvalue weighted by molar-refractivity contribution is -0.139. The smallest absolute Gasteiger partial charge is 0.322 e. The van der Waals surface area contributed by atoms with Gasteiger partial charge in [0.15, 0.2) is 5.75 Å². The van der Waals surface area contributed by atoms with E-state index >= 15 is 0 Å². The fourth-order valence-corrected chi connectivity index (χ4v) is 2.58. The van der Waals surface area contributed by atoms with Crippen molar-refractivity contribution in [2.45, 2.75) is 19.8 Å². The van der Waals surface area contributed by atoms with Gasteiger partial charge in [-0.2, -0.15) is 0 Å². The van der Waals surface area contributed by atoms with E-state index in [4.69, 9.17) is 0 Å². The molecular formula is C11H20N2O4S. The molecule has 2 N–H and O–H groups in total. The quantitative estimate of drug-likeness (QED) is 0.496. The summed E-state index contributed by atoms with van der Waals surface area (Å²) in [5.41, 5.74) is 1.24. The fourth-order valence-electron chi connectivity index (χ4n) is 1.67. The van der Waals surface area contributed by atoms with Gasteiger partial charge in [0.05, 0.1) is 6.61 Å². The number of hydrogen-bond acceptors (Lipinski definition) is 5. The molecule has 0 amide bonds. The molecule has 0 fully saturated rings. The van der Waals surface area contributed by atoms with Crippen LogP contribution in [0.25, 0.3) is 0 Å². The van der Waals surface area contributed by atoms with Crippen molar-refractivity contribution < 1.29 is 17.9 Å². The zero-order valence-electron chi connectivity index (χ0n) is 10.6. The van der Waals surface area contributed by atoms with E-state index in [9.17, 15) is 13.2 Å². The van der Waals surface area contributed by atoms with E-state index in [-0.39, 0.29) is 6.61 Å². The first kappa shape index (κ1) is 15.1. The minimum atomic E-state index is -3.57. The van der Waals surface area contributed by atoms with Gasteiger partial charge in [0.1, 0.15) is 0 Å². The number of esters is 1. The third kappa shape index (κ3) is 6.13. The van der Waals surface area contributed by atoms with Crippen LogP contribution in [0.5, 0.6) is 0 Å². The zero-order valence-corrected chi connectivity index (χ0v) is 11.4. The Bertz CT molecular complexity index is 403. The van der Waals surface area contributed by atoms with Gasteiger partial charge in [0, 0.05) is 13.1 Å². The van der Waals surface area contributed by atoms with Gasteiger partial charge in [-0.25, -0.2) is 13.1 Å². The van der Waals surface area contributed by atoms with Crippen LogP contribution in [-0.2, 0) is 19.6 Å². The molecule has 0 unspecified atom stereocenters. The van der Waals surface area contributed by atoms with Crippen LogP contribution in [0.15, 0.2) is 11.6 Å². The summed E-state index contributed by atoms with van der Waals surface area (Å²) in [7, 11) is -3.57. The molecule has 0 saturated heterocycles. The van der Waals surface area contributed by atoms with Gasteiger partial charge in [0.2, 0.25) is 10.0 Å². The number of carbonyl (C=O) groups is 1. The van der Waals surface area contributed by atoms with Gasteiger partial charge >= 0.3 is 5.97 Å². The first-order valence-corrected chi connectivity index (χ1v) is 7.70. The van der Waals surface area contributed by atoms with Crippen molar-refractivity contribution in [1.82, 2.24) is 10.0 Å². The van der Waals surface area contributed by atoms with E-state index in [1.54, 1.807) is 6.92 Å². The number of carbonyl (C=O) groups excluding carboxylic acids is 1. The molecule has 0 aliphatic carbocycles. The molecule has 7 heteroatoms. The number of sulfonamides is 1. The van der Waals surface area contributed by atoms with E-state index in [0.717, 1.165) is 19.5 Å². The topological polar surface area (TPSA) is 84.5 Å². The molecule has 0 atom stereocenters. The van der Waals surface area contributed by atoms with Gasteiger partial charge in [-0.15, -0.1) is 0 Å². The lowest BCUT2D eigenvalue weighted by Gasteiger charge is -2.14. The van der Waals surface area contributed by atoms with E-state index in [1.165, 1.54) is 5.57 Å². The second-order valence-electron chi connectivity index (χ2n) is 4.02. The third-order valence-corrected chi connectivity index (χ3v) is 3.80. The first-order chi connectivity index (χ1) is 8.53. The van der Waals surface area contributed by atoms with Crippen molar-refractivity contribution in [2.75, 3.05) is 32.0 Å². The Morgan fingerprint density at radius 3 is 2.94 bits per heavy atom. The Balaban J connectivity index is 2.28. The fraction of sp³-hybridized carbons (Fsp3) is 0.727. The molecular weight excluding hydrogens is 256 g/mol. The summed E-state index contributed by atoms with van der Waals surface area (Å²) >= 11 is 0. The molecule has 0 aromatic carbocycles. The van der Waals surface area contributed by atoms with Crippen LogP contribution in [0.4, 0.5) is 0 Å². The highest BCUT2D eigenvalue weighted by Gasteiger charge is 2.16. The predicted molar refractivity (Wildman–Crippen MR) is 68.6 cm³/mol. The molecule has 0 radical (unpaired) electrons. The van der Waals surface area contributed by atoms with E-state index < -0.39 is 21.7 Å². The molecule has 0 aromatic heterocycles. The normalized spacial score (nSPS) is 16.2. The van der Waals surface area contributed by atoms with Gasteiger partial charge in [-0.05, 0) is 26.3 Å². The van der Waals surface area contributed by atoms with Crippen LogP contribution >= 0.6 is 0 Å². The summed E-state index contributed by atoms with van der Waals surface area (Å²) in [6.45, 7) is 3.93. The summed E-state index contributed by atoms with van der Waals surface area (Å²) in [4.78, 5) is 11.1. The summed E-state index contributed by atoms with van der Waals surface area (Å²) < 4.78 is 30.0. The highest BCUT2D eigenvalue weighted by molar-refractivity contribution is 7.90. The molecule has 0 aromatic rings. The minimum Gasteiger partial charge on any atom is -0.465 e. The summed E-state index contributed by atoms with van der Waals surface area (Å²) in [5, 5.41) is 3.19. The molecule has 1 heterocycles. The molecule has 104 valence electrons. The Hall–Kier alpha value is -0.920. The van der Waals surface area contributed by atoms with E-state index in [0.29, 0.717) is 13.0 Å². The Morgan fingerprint density at radius 2 is 2.33 bits per heavy atom. The molecule has 1 rings (SSSR count). The standard InChI is InChI=1S/C11H20N2O4S/c1-2-17-11(14)9-18(15,16)13-8-5-10-3-6-12-7-4-10/h3,12-13H,2,4-9H2,1H3. The highest BCUT2D eigenvalue weighted by Crippen LogP contribution is 2.08. The largest absolute Gasteiger partial charge is 0.465 e. The summed E-state index contributed by atoms with van der Waals surface area (Å²) in [6, 6.07) is 0. The monoisotopic (exact) mass is 276 g/mol. The number of nitrogens with one attached hydrogen (secondary N) is 2. The Morgan fingerprint density at radius 1 is 1.56 bits per heavy atom. The van der Waals surface area contributed by atoms with Crippen molar-refractivity contribution in [3.8, 4) is 0 Å². The number of hydrogen-bond donors (Lipinski definition) is 2. The molecule has 0 bridgehead atoms. The van der Waals surface area contributed by atoms with Crippen molar-refractivity contribution in [2.24, 2.45) is 0 Å². The second kappa shape index (κ2) is 7.50. The van der Waals surface area contributed by atoms with Gasteiger partial charge in [-0.1, -0.05) is 11.6 Å². The number of ether oxygens (including phenoxy) is 1. The maximum Gasteiger partial charge on any atom is 0.322 e. The Labute approximate surface area is 108 Å². The zero-order chi connectivity index (χ0) is 13.4. The van der Waals surface area contributed by atoms with Crippen LogP contribution in [0.2, 0.25) is 0 Å². The maximum atomic E-state index is 11.5. The maximum absolute atomic E-state index is 11.5. The van der Waals surface area contributed by atoms with Crippen LogP contribution in [0, 0.1) is 0 Å². The van der Waals surface area contributed by atoms with Crippen molar-refractivity contribution in [3.63, 3.8) is 0 Å². The van der Waals surface area contributed by atoms with Crippen molar-refractivity contribution in [1.29, 1.82) is 0 Å². The van der Waals surface area contributed by atoms with Crippen molar-refractivity contribution >= 4 is 16.0 Å². The van der Waals surface area contributed by atoms with Crippen LogP contribution in [0.1, 0.15) is 19.8 Å². The highest BCUT2D eigenvalue weighted by atomic mass is 32.2. The molecule has 0 saturated carbocycles. The van der Waals surface area contributed by atoms with Crippen molar-refractivity contribution in [3.05, 3.63) is 11.6 Å². The van der Waals surface area contributed by atoms with Gasteiger partial charge in [0.25, 0.3) is 0 Å². The Kier molecular flexibility index (Phi) is 6.31. The molecule has 6 nitrogen and oxygen atoms in total. The first-order valence-electron chi connectivity index (χ1n) is 6.05. The third-order valence-electron chi connectivity index (χ3n) is 2.54. The SMILES string of the molecule is CCOC(=O)CS(=O)(=O)NCCC1=CCNCC1. The van der Waals surface area contributed by atoms with Gasteiger partial charge in [-0.3, -0.25) is 4.79 Å². The van der Waals surface area contributed by atoms with Crippen LogP contribution < -0.4 is 10.0 Å². The predicted octanol–water partition coefficient (Wildman–Crippen LogP) is -0.221. The van der Waals surface area contributed by atoms with Crippen LogP contribution in [0.3, 0.4) is 0 Å². The van der Waals surface area contributed by atoms with Gasteiger partial charge < -0.3 is 10.1 Å². The molecule has 0 spiro atoms. The molecule has 1 aliphatic heterocycles. The average Bonchev–Trinajstić information content (AvgIpc) is 2.29. The van der Waals surface area contributed by atoms with Crippen LogP contribution in [-0.4, -0.2) is 46.4 Å². The second-order valence-corrected chi connectivity index (χ2v) is 5.83. The summed E-state index contributed by atoms with van der Waals surface area (Å²) in [5.74, 6) is -1.33. The minimum absolute atomic E-state index is 0.189.